The van der Waals surface area contributed by atoms with Crippen molar-refractivity contribution < 1.29 is 9.53 Å². The molecule has 3 fully saturated rings. The highest BCUT2D eigenvalue weighted by Crippen LogP contribution is 2.49. The minimum atomic E-state index is 0.120. The maximum absolute atomic E-state index is 12.3. The Morgan fingerprint density at radius 3 is 2.78 bits per heavy atom. The summed E-state index contributed by atoms with van der Waals surface area (Å²) in [5.41, 5.74) is 1.10. The van der Waals surface area contributed by atoms with Gasteiger partial charge in [-0.3, -0.25) is 4.79 Å². The molecule has 1 saturated heterocycles. The van der Waals surface area contributed by atoms with E-state index in [1.165, 1.54) is 25.7 Å². The van der Waals surface area contributed by atoms with Crippen LogP contribution in [0.5, 0.6) is 0 Å². The van der Waals surface area contributed by atoms with Gasteiger partial charge in [-0.1, -0.05) is 6.42 Å². The van der Waals surface area contributed by atoms with E-state index in [1.54, 1.807) is 0 Å². The molecule has 1 amide bonds. The minimum Gasteiger partial charge on any atom is -0.378 e. The molecule has 2 bridgehead atoms. The van der Waals surface area contributed by atoms with Gasteiger partial charge in [-0.2, -0.15) is 0 Å². The molecule has 3 atom stereocenters. The summed E-state index contributed by atoms with van der Waals surface area (Å²) in [6.45, 7) is 3.33. The van der Waals surface area contributed by atoms with Crippen LogP contribution in [-0.4, -0.2) is 37.2 Å². The maximum Gasteiger partial charge on any atom is 0.225 e. The highest BCUT2D eigenvalue weighted by atomic mass is 16.5. The molecule has 2 aliphatic carbocycles. The van der Waals surface area contributed by atoms with Gasteiger partial charge >= 0.3 is 0 Å². The summed E-state index contributed by atoms with van der Waals surface area (Å²) in [4.78, 5) is 18.9. The van der Waals surface area contributed by atoms with Crippen LogP contribution in [0, 0.1) is 17.8 Å². The number of fused-ring (bicyclic) bond motifs is 2. The van der Waals surface area contributed by atoms with Crippen molar-refractivity contribution in [2.24, 2.45) is 17.8 Å². The molecule has 2 heterocycles. The lowest BCUT2D eigenvalue weighted by atomic mass is 9.86. The Balaban J connectivity index is 1.30. The quantitative estimate of drug-likeness (QED) is 0.928. The van der Waals surface area contributed by atoms with E-state index in [1.807, 2.05) is 18.3 Å². The van der Waals surface area contributed by atoms with E-state index >= 15 is 0 Å². The van der Waals surface area contributed by atoms with Crippen molar-refractivity contribution in [3.63, 3.8) is 0 Å². The highest BCUT2D eigenvalue weighted by Gasteiger charge is 2.40. The van der Waals surface area contributed by atoms with Gasteiger partial charge in [0.2, 0.25) is 5.91 Å². The predicted molar refractivity (Wildman–Crippen MR) is 89.5 cm³/mol. The Hall–Kier alpha value is -1.62. The fraction of sp³-hybridized carbons (Fsp3) is 0.667. The number of hydrogen-bond donors (Lipinski definition) is 1. The Bertz CT molecular complexity index is 554. The molecule has 2 saturated carbocycles. The van der Waals surface area contributed by atoms with Crippen molar-refractivity contribution in [1.29, 1.82) is 0 Å². The number of amides is 1. The van der Waals surface area contributed by atoms with E-state index in [2.05, 4.69) is 15.2 Å². The van der Waals surface area contributed by atoms with Gasteiger partial charge < -0.3 is 15.0 Å². The zero-order chi connectivity index (χ0) is 15.6. The van der Waals surface area contributed by atoms with Gasteiger partial charge in [0.05, 0.1) is 25.1 Å². The van der Waals surface area contributed by atoms with E-state index in [9.17, 15) is 4.79 Å². The number of rotatable bonds is 4. The molecule has 3 aliphatic rings. The van der Waals surface area contributed by atoms with Gasteiger partial charge in [0.1, 0.15) is 5.82 Å². The van der Waals surface area contributed by atoms with E-state index < -0.39 is 0 Å². The third-order valence-electron chi connectivity index (χ3n) is 5.72. The normalized spacial score (nSPS) is 29.7. The molecule has 5 heteroatoms. The van der Waals surface area contributed by atoms with Crippen molar-refractivity contribution in [1.82, 2.24) is 4.98 Å². The van der Waals surface area contributed by atoms with Crippen molar-refractivity contribution >= 4 is 17.4 Å². The van der Waals surface area contributed by atoms with Gasteiger partial charge in [0.25, 0.3) is 0 Å². The highest BCUT2D eigenvalue weighted by molar-refractivity contribution is 5.90. The van der Waals surface area contributed by atoms with Crippen LogP contribution in [0.2, 0.25) is 0 Å². The lowest BCUT2D eigenvalue weighted by Crippen LogP contribution is -2.36. The summed E-state index contributed by atoms with van der Waals surface area (Å²) >= 11 is 0. The first-order chi connectivity index (χ1) is 11.3. The number of nitrogens with one attached hydrogen (secondary N) is 1. The molecule has 5 nitrogen and oxygen atoms in total. The van der Waals surface area contributed by atoms with Crippen LogP contribution in [0.25, 0.3) is 0 Å². The average molecular weight is 315 g/mol. The smallest absolute Gasteiger partial charge is 0.225 e. The SMILES string of the molecule is O=C(C[C@H]1C[C@H]2CC[C@H]1C2)Nc1ccc(N2CCOCC2)cn1. The maximum atomic E-state index is 12.3. The molecule has 0 spiro atoms. The fourth-order valence-electron chi connectivity index (χ4n) is 4.53. The summed E-state index contributed by atoms with van der Waals surface area (Å²) < 4.78 is 5.36. The fourth-order valence-corrected chi connectivity index (χ4v) is 4.53. The van der Waals surface area contributed by atoms with Crippen LogP contribution >= 0.6 is 0 Å². The second kappa shape index (κ2) is 6.48. The lowest BCUT2D eigenvalue weighted by molar-refractivity contribution is -0.117. The molecule has 0 aromatic carbocycles. The molecular formula is C18H25N3O2. The Labute approximate surface area is 137 Å². The molecule has 0 unspecified atom stereocenters. The number of nitrogens with zero attached hydrogens (tertiary/aromatic N) is 2. The number of morpholine rings is 1. The Kier molecular flexibility index (Phi) is 4.21. The molecule has 4 rings (SSSR count). The summed E-state index contributed by atoms with van der Waals surface area (Å²) in [7, 11) is 0. The number of aromatic nitrogens is 1. The molecule has 1 aromatic heterocycles. The average Bonchev–Trinajstić information content (AvgIpc) is 3.19. The standard InChI is InChI=1S/C18H25N3O2/c22-18(11-15-10-13-1-2-14(15)9-13)20-17-4-3-16(12-19-17)21-5-7-23-8-6-21/h3-4,12-15H,1-2,5-11H2,(H,19,20,22)/t13-,14-,15+/m0/s1. The molecule has 124 valence electrons. The van der Waals surface area contributed by atoms with Crippen LogP contribution in [0.3, 0.4) is 0 Å². The number of ether oxygens (including phenoxy) is 1. The first-order valence-electron chi connectivity index (χ1n) is 8.86. The third-order valence-corrected chi connectivity index (χ3v) is 5.72. The number of carbonyl (C=O) groups excluding carboxylic acids is 1. The van der Waals surface area contributed by atoms with Crippen LogP contribution in [0.1, 0.15) is 32.1 Å². The van der Waals surface area contributed by atoms with Crippen molar-refractivity contribution in [3.8, 4) is 0 Å². The summed E-state index contributed by atoms with van der Waals surface area (Å²) in [5.74, 6) is 3.07. The Morgan fingerprint density at radius 2 is 2.13 bits per heavy atom. The number of hydrogen-bond acceptors (Lipinski definition) is 4. The molecule has 0 radical (unpaired) electrons. The van der Waals surface area contributed by atoms with Crippen LogP contribution < -0.4 is 10.2 Å². The van der Waals surface area contributed by atoms with Gasteiger partial charge in [0.15, 0.2) is 0 Å². The Morgan fingerprint density at radius 1 is 1.26 bits per heavy atom. The van der Waals surface area contributed by atoms with E-state index in [0.29, 0.717) is 18.2 Å². The van der Waals surface area contributed by atoms with E-state index in [0.717, 1.165) is 43.8 Å². The predicted octanol–water partition coefficient (Wildman–Crippen LogP) is 2.68. The monoisotopic (exact) mass is 315 g/mol. The minimum absolute atomic E-state index is 0.120. The van der Waals surface area contributed by atoms with Gasteiger partial charge in [-0.15, -0.1) is 0 Å². The first kappa shape index (κ1) is 14.9. The number of anilines is 2. The zero-order valence-electron chi connectivity index (χ0n) is 13.5. The molecule has 23 heavy (non-hydrogen) atoms. The van der Waals surface area contributed by atoms with Crippen LogP contribution in [0.4, 0.5) is 11.5 Å². The van der Waals surface area contributed by atoms with Gasteiger partial charge in [-0.05, 0) is 49.1 Å². The number of pyridine rings is 1. The summed E-state index contributed by atoms with van der Waals surface area (Å²) in [5, 5.41) is 2.97. The van der Waals surface area contributed by atoms with Crippen LogP contribution in [-0.2, 0) is 9.53 Å². The van der Waals surface area contributed by atoms with E-state index in [4.69, 9.17) is 4.74 Å². The van der Waals surface area contributed by atoms with Gasteiger partial charge in [-0.25, -0.2) is 4.98 Å². The zero-order valence-corrected chi connectivity index (χ0v) is 13.5. The largest absolute Gasteiger partial charge is 0.378 e. The number of carbonyl (C=O) groups is 1. The summed E-state index contributed by atoms with van der Waals surface area (Å²) in [6, 6.07) is 3.94. The van der Waals surface area contributed by atoms with Crippen molar-refractivity contribution in [3.05, 3.63) is 18.3 Å². The van der Waals surface area contributed by atoms with Gasteiger partial charge in [0, 0.05) is 19.5 Å². The molecule has 1 aliphatic heterocycles. The van der Waals surface area contributed by atoms with Crippen molar-refractivity contribution in [2.45, 2.75) is 32.1 Å². The third kappa shape index (κ3) is 3.34. The lowest BCUT2D eigenvalue weighted by Gasteiger charge is -2.28. The van der Waals surface area contributed by atoms with Crippen molar-refractivity contribution in [2.75, 3.05) is 36.5 Å². The second-order valence-electron chi connectivity index (χ2n) is 7.19. The molecule has 1 aromatic rings. The molecular weight excluding hydrogens is 290 g/mol. The van der Waals surface area contributed by atoms with E-state index in [-0.39, 0.29) is 5.91 Å². The second-order valence-corrected chi connectivity index (χ2v) is 7.19. The molecule has 1 N–H and O–H groups in total. The first-order valence-corrected chi connectivity index (χ1v) is 8.86. The van der Waals surface area contributed by atoms with Crippen LogP contribution in [0.15, 0.2) is 18.3 Å². The summed E-state index contributed by atoms with van der Waals surface area (Å²) in [6.07, 6.45) is 7.82. The topological polar surface area (TPSA) is 54.5 Å².